The highest BCUT2D eigenvalue weighted by atomic mass is 31.2. The molecule has 10 nitrogen and oxygen atoms in total. The number of imidazole rings is 1. The van der Waals surface area contributed by atoms with Gasteiger partial charge < -0.3 is 24.5 Å². The molecule has 1 unspecified atom stereocenters. The van der Waals surface area contributed by atoms with Crippen LogP contribution in [-0.4, -0.2) is 68.5 Å². The lowest BCUT2D eigenvalue weighted by molar-refractivity contribution is -0.0569. The van der Waals surface area contributed by atoms with Gasteiger partial charge in [0.15, 0.2) is 18.5 Å². The van der Waals surface area contributed by atoms with Crippen LogP contribution in [0.5, 0.6) is 0 Å². The normalized spacial score (nSPS) is 29.5. The molecular weight excluding hydrogens is 363 g/mol. The number of rotatable bonds is 5. The zero-order valence-electron chi connectivity index (χ0n) is 15.0. The number of fused-ring (bicyclic) bond motifs is 1. The Bertz CT molecular complexity index is 920. The quantitative estimate of drug-likeness (QED) is 0.621. The van der Waals surface area contributed by atoms with Crippen LogP contribution in [0.3, 0.4) is 0 Å². The number of H-pyrrole nitrogens is 1. The second-order valence-electron chi connectivity index (χ2n) is 7.16. The summed E-state index contributed by atoms with van der Waals surface area (Å²) in [5, 5.41) is 20.6. The monoisotopic (exact) mass is 386 g/mol. The Hall–Kier alpha value is -1.58. The van der Waals surface area contributed by atoms with E-state index in [-0.39, 0.29) is 24.3 Å². The molecule has 0 spiro atoms. The van der Waals surface area contributed by atoms with Gasteiger partial charge in [0.05, 0.1) is 31.1 Å². The van der Waals surface area contributed by atoms with E-state index in [4.69, 9.17) is 9.26 Å². The molecule has 0 aliphatic carbocycles. The Balaban J connectivity index is 2.01. The predicted molar refractivity (Wildman–Crippen MR) is 93.4 cm³/mol. The fourth-order valence-corrected chi connectivity index (χ4v) is 3.62. The molecule has 2 aromatic heterocycles. The molecule has 0 aromatic carbocycles. The van der Waals surface area contributed by atoms with Gasteiger partial charge in [-0.2, -0.15) is 0 Å². The van der Waals surface area contributed by atoms with E-state index in [9.17, 15) is 19.6 Å². The molecule has 26 heavy (non-hydrogen) atoms. The zero-order chi connectivity index (χ0) is 19.3. The summed E-state index contributed by atoms with van der Waals surface area (Å²) < 4.78 is 24.5. The van der Waals surface area contributed by atoms with Crippen LogP contribution in [-0.2, 0) is 13.8 Å². The lowest BCUT2D eigenvalue weighted by Crippen LogP contribution is -2.41. The highest BCUT2D eigenvalue weighted by Crippen LogP contribution is 2.47. The average Bonchev–Trinajstić information content (AvgIpc) is 3.06. The third kappa shape index (κ3) is 3.23. The Labute approximate surface area is 149 Å². The number of aromatic nitrogens is 4. The molecule has 144 valence electrons. The minimum absolute atomic E-state index is 0.0861. The number of aromatic amines is 1. The van der Waals surface area contributed by atoms with Gasteiger partial charge in [0, 0.05) is 13.3 Å². The van der Waals surface area contributed by atoms with Gasteiger partial charge in [-0.3, -0.25) is 13.9 Å². The number of hydrogen-bond acceptors (Lipinski definition) is 8. The van der Waals surface area contributed by atoms with E-state index in [1.165, 1.54) is 24.2 Å². The summed E-state index contributed by atoms with van der Waals surface area (Å²) >= 11 is 0. The van der Waals surface area contributed by atoms with Crippen molar-refractivity contribution in [2.45, 2.75) is 32.3 Å². The molecule has 1 aliphatic heterocycles. The van der Waals surface area contributed by atoms with E-state index in [0.717, 1.165) is 0 Å². The van der Waals surface area contributed by atoms with Crippen LogP contribution in [0.1, 0.15) is 19.0 Å². The molecule has 2 aromatic rings. The van der Waals surface area contributed by atoms with Gasteiger partial charge in [-0.05, 0) is 6.92 Å². The predicted octanol–water partition coefficient (Wildman–Crippen LogP) is 0.239. The molecule has 0 saturated carbocycles. The number of aliphatic hydroxyl groups excluding tert-OH is 2. The van der Waals surface area contributed by atoms with Crippen molar-refractivity contribution in [1.29, 1.82) is 0 Å². The summed E-state index contributed by atoms with van der Waals surface area (Å²) in [7, 11) is -2.76. The lowest BCUT2D eigenvalue weighted by atomic mass is 9.83. The molecule has 4 atom stereocenters. The molecular formula is C15H23N4O6P. The van der Waals surface area contributed by atoms with Crippen LogP contribution < -0.4 is 5.56 Å². The maximum atomic E-state index is 12.0. The Morgan fingerprint density at radius 2 is 2.19 bits per heavy atom. The van der Waals surface area contributed by atoms with Gasteiger partial charge in [0.25, 0.3) is 5.56 Å². The molecule has 11 heteroatoms. The van der Waals surface area contributed by atoms with Crippen molar-refractivity contribution in [3.8, 4) is 0 Å². The van der Waals surface area contributed by atoms with Crippen LogP contribution in [0.15, 0.2) is 11.1 Å². The topological polar surface area (TPSA) is 140 Å². The zero-order valence-corrected chi connectivity index (χ0v) is 15.9. The Kier molecular flexibility index (Phi) is 4.83. The minimum Gasteiger partial charge on any atom is -0.396 e. The van der Waals surface area contributed by atoms with Gasteiger partial charge in [0.1, 0.15) is 18.2 Å². The second-order valence-corrected chi connectivity index (χ2v) is 9.92. The van der Waals surface area contributed by atoms with Crippen molar-refractivity contribution in [3.63, 3.8) is 0 Å². The van der Waals surface area contributed by atoms with E-state index in [2.05, 4.69) is 15.0 Å². The molecule has 1 saturated heterocycles. The number of aliphatic hydroxyl groups is 2. The summed E-state index contributed by atoms with van der Waals surface area (Å²) in [5.74, 6) is 0.409. The van der Waals surface area contributed by atoms with Crippen LogP contribution >= 0.6 is 7.37 Å². The minimum atomic E-state index is -2.76. The number of nitrogens with one attached hydrogen (secondary N) is 1. The van der Waals surface area contributed by atoms with Gasteiger partial charge in [-0.15, -0.1) is 0 Å². The van der Waals surface area contributed by atoms with Crippen molar-refractivity contribution < 1.29 is 24.0 Å². The fourth-order valence-electron chi connectivity index (χ4n) is 3.11. The van der Waals surface area contributed by atoms with Gasteiger partial charge >= 0.3 is 0 Å². The number of hydrogen-bond donors (Lipinski definition) is 3. The third-order valence-electron chi connectivity index (χ3n) is 4.59. The number of aryl methyl sites for hydroxylation is 1. The van der Waals surface area contributed by atoms with Crippen molar-refractivity contribution in [2.24, 2.45) is 5.41 Å². The van der Waals surface area contributed by atoms with E-state index in [1.54, 1.807) is 13.8 Å². The van der Waals surface area contributed by atoms with Gasteiger partial charge in [-0.1, -0.05) is 6.92 Å². The molecule has 3 heterocycles. The molecule has 3 N–H and O–H groups in total. The summed E-state index contributed by atoms with van der Waals surface area (Å²) in [6.45, 7) is 5.78. The van der Waals surface area contributed by atoms with E-state index >= 15 is 0 Å². The molecule has 1 aliphatic rings. The second kappa shape index (κ2) is 6.54. The highest BCUT2D eigenvalue weighted by molar-refractivity contribution is 7.57. The van der Waals surface area contributed by atoms with Crippen molar-refractivity contribution >= 4 is 18.5 Å². The molecule has 0 amide bonds. The smallest absolute Gasteiger partial charge is 0.279 e. The van der Waals surface area contributed by atoms with Crippen LogP contribution in [0.2, 0.25) is 0 Å². The maximum absolute atomic E-state index is 12.0. The van der Waals surface area contributed by atoms with Crippen LogP contribution in [0.25, 0.3) is 11.2 Å². The largest absolute Gasteiger partial charge is 0.396 e. The Morgan fingerprint density at radius 3 is 2.81 bits per heavy atom. The van der Waals surface area contributed by atoms with Crippen LogP contribution in [0.4, 0.5) is 0 Å². The maximum Gasteiger partial charge on any atom is 0.279 e. The Morgan fingerprint density at radius 1 is 1.50 bits per heavy atom. The highest BCUT2D eigenvalue weighted by Gasteiger charge is 2.54. The molecule has 3 rings (SSSR count). The van der Waals surface area contributed by atoms with Crippen molar-refractivity contribution in [1.82, 2.24) is 19.5 Å². The first-order chi connectivity index (χ1) is 12.1. The van der Waals surface area contributed by atoms with Crippen molar-refractivity contribution in [2.75, 3.05) is 26.5 Å². The summed E-state index contributed by atoms with van der Waals surface area (Å²) in [4.78, 5) is 23.0. The van der Waals surface area contributed by atoms with Gasteiger partial charge in [-0.25, -0.2) is 9.97 Å². The lowest BCUT2D eigenvalue weighted by Gasteiger charge is -2.31. The molecule has 0 bridgehead atoms. The first-order valence-corrected chi connectivity index (χ1v) is 10.7. The van der Waals surface area contributed by atoms with Crippen LogP contribution in [0, 0.1) is 12.3 Å². The fraction of sp³-hybridized carbons (Fsp3) is 0.667. The van der Waals surface area contributed by atoms with E-state index in [1.807, 2.05) is 0 Å². The number of ether oxygens (including phenoxy) is 1. The summed E-state index contributed by atoms with van der Waals surface area (Å²) in [6.07, 6.45) is -1.32. The standard InChI is InChI=1S/C15H23N4O6P/c1-8-17-12-10(13(22)18-8)16-7-19(12)14-15(2,6-20)11(21)9(25-14)5-24-26(3,4)23/h7,9,11,14,20-21H,5-6H2,1-4H3,(H,17,18,22)/t9-,11?,14-,15+/m1/s1. The number of nitrogens with zero attached hydrogens (tertiary/aromatic N) is 3. The summed E-state index contributed by atoms with van der Waals surface area (Å²) in [6, 6.07) is 0. The van der Waals surface area contributed by atoms with Gasteiger partial charge in [0.2, 0.25) is 0 Å². The first-order valence-electron chi connectivity index (χ1n) is 8.14. The summed E-state index contributed by atoms with van der Waals surface area (Å²) in [5.41, 5.74) is -1.04. The third-order valence-corrected chi connectivity index (χ3v) is 5.36. The van der Waals surface area contributed by atoms with Crippen molar-refractivity contribution in [3.05, 3.63) is 22.5 Å². The molecule has 1 fully saturated rings. The SMILES string of the molecule is Cc1nc2c(ncn2[C@@H]2O[C@H](COP(C)(C)=O)C(O)[C@]2(C)CO)c(=O)[nH]1. The molecule has 0 radical (unpaired) electrons. The van der Waals surface area contributed by atoms with E-state index < -0.39 is 31.2 Å². The first kappa shape index (κ1) is 19.2. The van der Waals surface area contributed by atoms with E-state index in [0.29, 0.717) is 11.5 Å². The average molecular weight is 386 g/mol.